The van der Waals surface area contributed by atoms with Crippen molar-refractivity contribution in [2.24, 2.45) is 0 Å². The molecule has 1 atom stereocenters. The van der Waals surface area contributed by atoms with Gasteiger partial charge in [0.15, 0.2) is 17.5 Å². The standard InChI is InChI=1S/C13H8F3NOS2/c14-7-2-1-6(10(15)11(7)16)12-13-8(3-4-19-13)17-9(18)5-20-12/h1-4,12H,5H2,(H,17,18)/t12-/m1/s1. The Morgan fingerprint density at radius 3 is 2.75 bits per heavy atom. The van der Waals surface area contributed by atoms with Crippen LogP contribution in [0.4, 0.5) is 18.9 Å². The van der Waals surface area contributed by atoms with Crippen molar-refractivity contribution in [2.75, 3.05) is 11.1 Å². The Morgan fingerprint density at radius 1 is 1.15 bits per heavy atom. The van der Waals surface area contributed by atoms with Crippen LogP contribution in [-0.2, 0) is 4.79 Å². The van der Waals surface area contributed by atoms with Gasteiger partial charge in [-0.15, -0.1) is 23.1 Å². The summed E-state index contributed by atoms with van der Waals surface area (Å²) < 4.78 is 40.4. The molecule has 1 aliphatic heterocycles. The van der Waals surface area contributed by atoms with Crippen molar-refractivity contribution < 1.29 is 18.0 Å². The van der Waals surface area contributed by atoms with Crippen LogP contribution in [0.2, 0.25) is 0 Å². The van der Waals surface area contributed by atoms with Gasteiger partial charge in [-0.1, -0.05) is 6.07 Å². The highest BCUT2D eigenvalue weighted by Crippen LogP contribution is 2.45. The van der Waals surface area contributed by atoms with Crippen molar-refractivity contribution in [1.29, 1.82) is 0 Å². The van der Waals surface area contributed by atoms with E-state index >= 15 is 0 Å². The maximum Gasteiger partial charge on any atom is 0.234 e. The molecule has 7 heteroatoms. The Bertz CT molecular complexity index is 686. The fourth-order valence-corrected chi connectivity index (χ4v) is 4.27. The summed E-state index contributed by atoms with van der Waals surface area (Å²) in [6.07, 6.45) is 0. The average Bonchev–Trinajstić information content (AvgIpc) is 2.81. The number of carbonyl (C=O) groups excluding carboxylic acids is 1. The fraction of sp³-hybridized carbons (Fsp3) is 0.154. The van der Waals surface area contributed by atoms with Gasteiger partial charge in [-0.25, -0.2) is 13.2 Å². The topological polar surface area (TPSA) is 29.1 Å². The molecule has 0 unspecified atom stereocenters. The molecule has 1 N–H and O–H groups in total. The van der Waals surface area contributed by atoms with Crippen molar-refractivity contribution in [2.45, 2.75) is 5.25 Å². The minimum atomic E-state index is -1.48. The SMILES string of the molecule is O=C1CS[C@H](c2ccc(F)c(F)c2F)c2sccc2N1. The molecule has 1 aliphatic rings. The van der Waals surface area contributed by atoms with Crippen LogP contribution in [0.1, 0.15) is 15.7 Å². The summed E-state index contributed by atoms with van der Waals surface area (Å²) in [5, 5.41) is 3.94. The first-order valence-corrected chi connectivity index (χ1v) is 7.63. The third-order valence-electron chi connectivity index (χ3n) is 2.94. The number of carbonyl (C=O) groups is 1. The minimum absolute atomic E-state index is 0.0501. The van der Waals surface area contributed by atoms with Crippen LogP contribution in [0.5, 0.6) is 0 Å². The quantitative estimate of drug-likeness (QED) is 0.808. The van der Waals surface area contributed by atoms with Crippen LogP contribution in [0, 0.1) is 17.5 Å². The molecule has 2 nitrogen and oxygen atoms in total. The van der Waals surface area contributed by atoms with E-state index in [2.05, 4.69) is 5.32 Å². The summed E-state index contributed by atoms with van der Waals surface area (Å²) >= 11 is 2.53. The molecule has 2 aromatic rings. The Balaban J connectivity index is 2.11. The lowest BCUT2D eigenvalue weighted by atomic mass is 10.1. The number of rotatable bonds is 1. The van der Waals surface area contributed by atoms with Gasteiger partial charge < -0.3 is 5.32 Å². The molecule has 0 saturated carbocycles. The molecule has 0 aliphatic carbocycles. The maximum absolute atomic E-state index is 13.9. The molecule has 1 amide bonds. The summed E-state index contributed by atoms with van der Waals surface area (Å²) in [7, 11) is 0. The number of hydrogen-bond acceptors (Lipinski definition) is 3. The first kappa shape index (κ1) is 13.5. The number of halogens is 3. The van der Waals surface area contributed by atoms with Crippen molar-refractivity contribution in [3.63, 3.8) is 0 Å². The predicted octanol–water partition coefficient (Wildman–Crippen LogP) is 3.94. The van der Waals surface area contributed by atoms with E-state index in [0.29, 0.717) is 5.69 Å². The van der Waals surface area contributed by atoms with Crippen molar-refractivity contribution >= 4 is 34.7 Å². The lowest BCUT2D eigenvalue weighted by molar-refractivity contribution is -0.113. The van der Waals surface area contributed by atoms with Gasteiger partial charge in [-0.2, -0.15) is 0 Å². The first-order valence-electron chi connectivity index (χ1n) is 5.70. The van der Waals surface area contributed by atoms with E-state index in [1.54, 1.807) is 11.4 Å². The van der Waals surface area contributed by atoms with Gasteiger partial charge in [-0.3, -0.25) is 4.79 Å². The molecule has 1 aromatic carbocycles. The third-order valence-corrected chi connectivity index (χ3v) is 5.32. The van der Waals surface area contributed by atoms with Crippen molar-refractivity contribution in [3.05, 3.63) is 51.5 Å². The molecule has 2 heterocycles. The zero-order chi connectivity index (χ0) is 14.3. The molecular formula is C13H8F3NOS2. The highest BCUT2D eigenvalue weighted by Gasteiger charge is 2.29. The van der Waals surface area contributed by atoms with E-state index in [1.807, 2.05) is 0 Å². The van der Waals surface area contributed by atoms with E-state index in [1.165, 1.54) is 29.2 Å². The van der Waals surface area contributed by atoms with Gasteiger partial charge in [0.25, 0.3) is 0 Å². The van der Waals surface area contributed by atoms with Crippen molar-refractivity contribution in [3.8, 4) is 0 Å². The third kappa shape index (κ3) is 2.20. The zero-order valence-corrected chi connectivity index (χ0v) is 11.6. The smallest absolute Gasteiger partial charge is 0.234 e. The molecule has 1 aromatic heterocycles. The lowest BCUT2D eigenvalue weighted by Crippen LogP contribution is -2.11. The number of benzene rings is 1. The summed E-state index contributed by atoms with van der Waals surface area (Å²) in [6, 6.07) is 3.85. The molecule has 3 rings (SSSR count). The summed E-state index contributed by atoms with van der Waals surface area (Å²) in [6.45, 7) is 0. The number of thiophene rings is 1. The number of nitrogens with one attached hydrogen (secondary N) is 1. The van der Waals surface area contributed by atoms with E-state index in [-0.39, 0.29) is 17.2 Å². The Labute approximate surface area is 121 Å². The second-order valence-electron chi connectivity index (χ2n) is 4.20. The summed E-state index contributed by atoms with van der Waals surface area (Å²) in [5.74, 6) is -3.96. The number of anilines is 1. The molecule has 0 radical (unpaired) electrons. The van der Waals surface area contributed by atoms with Gasteiger partial charge in [-0.05, 0) is 17.5 Å². The van der Waals surface area contributed by atoms with Gasteiger partial charge in [0, 0.05) is 10.4 Å². The van der Waals surface area contributed by atoms with Gasteiger partial charge in [0.1, 0.15) is 0 Å². The minimum Gasteiger partial charge on any atom is -0.324 e. The fourth-order valence-electron chi connectivity index (χ4n) is 2.02. The van der Waals surface area contributed by atoms with Gasteiger partial charge >= 0.3 is 0 Å². The highest BCUT2D eigenvalue weighted by atomic mass is 32.2. The van der Waals surface area contributed by atoms with Gasteiger partial charge in [0.05, 0.1) is 16.7 Å². The largest absolute Gasteiger partial charge is 0.324 e. The number of hydrogen-bond donors (Lipinski definition) is 1. The van der Waals surface area contributed by atoms with Crippen LogP contribution in [0.25, 0.3) is 0 Å². The van der Waals surface area contributed by atoms with E-state index in [9.17, 15) is 18.0 Å². The van der Waals surface area contributed by atoms with E-state index in [0.717, 1.165) is 10.9 Å². The molecule has 0 saturated heterocycles. The molecule has 0 fully saturated rings. The van der Waals surface area contributed by atoms with E-state index < -0.39 is 22.7 Å². The van der Waals surface area contributed by atoms with Crippen LogP contribution in [0.3, 0.4) is 0 Å². The molecule has 0 spiro atoms. The monoisotopic (exact) mass is 315 g/mol. The number of thioether (sulfide) groups is 1. The number of fused-ring (bicyclic) bond motifs is 1. The van der Waals surface area contributed by atoms with Crippen LogP contribution < -0.4 is 5.32 Å². The van der Waals surface area contributed by atoms with E-state index in [4.69, 9.17) is 0 Å². The normalized spacial score (nSPS) is 18.4. The molecule has 0 bridgehead atoms. The summed E-state index contributed by atoms with van der Waals surface area (Å²) in [5.41, 5.74) is 0.647. The second-order valence-corrected chi connectivity index (χ2v) is 6.24. The average molecular weight is 315 g/mol. The molecule has 20 heavy (non-hydrogen) atoms. The van der Waals surface area contributed by atoms with Crippen LogP contribution in [-0.4, -0.2) is 11.7 Å². The Morgan fingerprint density at radius 2 is 1.95 bits per heavy atom. The number of amides is 1. The summed E-state index contributed by atoms with van der Waals surface area (Å²) in [4.78, 5) is 12.3. The molecule has 104 valence electrons. The Kier molecular flexibility index (Phi) is 3.47. The second kappa shape index (κ2) is 5.14. The van der Waals surface area contributed by atoms with Crippen LogP contribution in [0.15, 0.2) is 23.6 Å². The lowest BCUT2D eigenvalue weighted by Gasteiger charge is -2.15. The highest BCUT2D eigenvalue weighted by molar-refractivity contribution is 8.00. The van der Waals surface area contributed by atoms with Gasteiger partial charge in [0.2, 0.25) is 5.91 Å². The predicted molar refractivity (Wildman–Crippen MR) is 73.6 cm³/mol. The van der Waals surface area contributed by atoms with Crippen molar-refractivity contribution in [1.82, 2.24) is 0 Å². The maximum atomic E-state index is 13.9. The van der Waals surface area contributed by atoms with Crippen LogP contribution >= 0.6 is 23.1 Å². The Hall–Kier alpha value is -1.47. The first-order chi connectivity index (χ1) is 9.58. The molecular weight excluding hydrogens is 307 g/mol. The zero-order valence-electron chi connectivity index (χ0n) is 9.95.